The van der Waals surface area contributed by atoms with Crippen LogP contribution in [0.15, 0.2) is 36.4 Å². The Bertz CT molecular complexity index is 808. The van der Waals surface area contributed by atoms with E-state index in [-0.39, 0.29) is 12.3 Å². The first-order valence-electron chi connectivity index (χ1n) is 9.06. The van der Waals surface area contributed by atoms with Gasteiger partial charge in [0.05, 0.1) is 6.07 Å². The molecule has 0 bridgehead atoms. The molecule has 1 amide bonds. The van der Waals surface area contributed by atoms with Crippen molar-refractivity contribution in [3.05, 3.63) is 58.7 Å². The number of hydrogen-bond donors (Lipinski definition) is 1. The quantitative estimate of drug-likeness (QED) is 0.688. The fourth-order valence-corrected chi connectivity index (χ4v) is 2.68. The smallest absolute Gasteiger partial charge is 0.234 e. The SMILES string of the molecule is Cc1ccc(C)c(OCCOc2ccc(CCNC(=O)CC#N)cc2)c1C. The molecule has 0 heterocycles. The lowest BCUT2D eigenvalue weighted by molar-refractivity contribution is -0.120. The van der Waals surface area contributed by atoms with Crippen molar-refractivity contribution in [3.63, 3.8) is 0 Å². The number of ether oxygens (including phenoxy) is 2. The summed E-state index contributed by atoms with van der Waals surface area (Å²) in [6.45, 7) is 7.66. The highest BCUT2D eigenvalue weighted by Crippen LogP contribution is 2.25. The number of carbonyl (C=O) groups excluding carboxylic acids is 1. The van der Waals surface area contributed by atoms with Gasteiger partial charge in [-0.15, -0.1) is 0 Å². The van der Waals surface area contributed by atoms with E-state index in [0.717, 1.165) is 22.6 Å². The molecule has 0 radical (unpaired) electrons. The molecular formula is C22H26N2O3. The predicted octanol–water partition coefficient (Wildman–Crippen LogP) is 3.64. The molecule has 2 aromatic rings. The summed E-state index contributed by atoms with van der Waals surface area (Å²) in [4.78, 5) is 11.2. The number of hydrogen-bond acceptors (Lipinski definition) is 4. The van der Waals surface area contributed by atoms with Gasteiger partial charge in [0.2, 0.25) is 5.91 Å². The molecule has 0 saturated carbocycles. The Kier molecular flexibility index (Phi) is 7.69. The number of rotatable bonds is 9. The second-order valence-corrected chi connectivity index (χ2v) is 6.43. The Hall–Kier alpha value is -3.00. The van der Waals surface area contributed by atoms with Crippen molar-refractivity contribution in [1.29, 1.82) is 5.26 Å². The van der Waals surface area contributed by atoms with Gasteiger partial charge < -0.3 is 14.8 Å². The van der Waals surface area contributed by atoms with Gasteiger partial charge in [0, 0.05) is 6.54 Å². The third-order valence-electron chi connectivity index (χ3n) is 4.37. The summed E-state index contributed by atoms with van der Waals surface area (Å²) >= 11 is 0. The van der Waals surface area contributed by atoms with Crippen LogP contribution < -0.4 is 14.8 Å². The molecule has 0 aromatic heterocycles. The average Bonchev–Trinajstić information content (AvgIpc) is 2.65. The zero-order chi connectivity index (χ0) is 19.6. The Morgan fingerprint density at radius 1 is 1.00 bits per heavy atom. The van der Waals surface area contributed by atoms with Crippen molar-refractivity contribution >= 4 is 5.91 Å². The largest absolute Gasteiger partial charge is 0.490 e. The average molecular weight is 366 g/mol. The van der Waals surface area contributed by atoms with Gasteiger partial charge in [-0.1, -0.05) is 24.3 Å². The molecular weight excluding hydrogens is 340 g/mol. The monoisotopic (exact) mass is 366 g/mol. The lowest BCUT2D eigenvalue weighted by Crippen LogP contribution is -2.24. The predicted molar refractivity (Wildman–Crippen MR) is 105 cm³/mol. The standard InChI is InChI=1S/C22H26N2O3/c1-16-4-5-17(2)22(18(16)3)27-15-14-26-20-8-6-19(7-9-20)11-13-24-21(25)10-12-23/h4-9H,10-11,13-15H2,1-3H3,(H,24,25). The van der Waals surface area contributed by atoms with Crippen LogP contribution in [0.25, 0.3) is 0 Å². The Labute approximate surface area is 160 Å². The molecule has 0 saturated heterocycles. The summed E-state index contributed by atoms with van der Waals surface area (Å²) in [5, 5.41) is 11.2. The van der Waals surface area contributed by atoms with Crippen LogP contribution in [-0.4, -0.2) is 25.7 Å². The van der Waals surface area contributed by atoms with Crippen molar-refractivity contribution < 1.29 is 14.3 Å². The Balaban J connectivity index is 1.73. The Morgan fingerprint density at radius 3 is 2.37 bits per heavy atom. The second-order valence-electron chi connectivity index (χ2n) is 6.43. The summed E-state index contributed by atoms with van der Waals surface area (Å²) in [6.07, 6.45) is 0.614. The van der Waals surface area contributed by atoms with E-state index < -0.39 is 0 Å². The third-order valence-corrected chi connectivity index (χ3v) is 4.37. The van der Waals surface area contributed by atoms with Crippen LogP contribution in [0.5, 0.6) is 11.5 Å². The van der Waals surface area contributed by atoms with Crippen LogP contribution in [0, 0.1) is 32.1 Å². The van der Waals surface area contributed by atoms with Crippen molar-refractivity contribution in [1.82, 2.24) is 5.32 Å². The van der Waals surface area contributed by atoms with Crippen molar-refractivity contribution in [3.8, 4) is 17.6 Å². The molecule has 142 valence electrons. The molecule has 0 fully saturated rings. The zero-order valence-corrected chi connectivity index (χ0v) is 16.2. The van der Waals surface area contributed by atoms with Crippen LogP contribution in [-0.2, 0) is 11.2 Å². The number of nitrogens with zero attached hydrogens (tertiary/aromatic N) is 1. The normalized spacial score (nSPS) is 10.1. The van der Waals surface area contributed by atoms with Gasteiger partial charge in [-0.25, -0.2) is 0 Å². The van der Waals surface area contributed by atoms with Gasteiger partial charge in [-0.3, -0.25) is 4.79 Å². The maximum Gasteiger partial charge on any atom is 0.234 e. The molecule has 2 aromatic carbocycles. The molecule has 5 nitrogen and oxygen atoms in total. The summed E-state index contributed by atoms with van der Waals surface area (Å²) in [5.41, 5.74) is 4.61. The first kappa shape index (κ1) is 20.3. The highest BCUT2D eigenvalue weighted by atomic mass is 16.5. The fourth-order valence-electron chi connectivity index (χ4n) is 2.68. The minimum absolute atomic E-state index is 0.101. The zero-order valence-electron chi connectivity index (χ0n) is 16.2. The van der Waals surface area contributed by atoms with E-state index in [4.69, 9.17) is 14.7 Å². The first-order chi connectivity index (χ1) is 13.0. The lowest BCUT2D eigenvalue weighted by Gasteiger charge is -2.14. The van der Waals surface area contributed by atoms with E-state index in [2.05, 4.69) is 31.3 Å². The van der Waals surface area contributed by atoms with Crippen LogP contribution in [0.4, 0.5) is 0 Å². The molecule has 5 heteroatoms. The number of carbonyl (C=O) groups is 1. The highest BCUT2D eigenvalue weighted by Gasteiger charge is 2.06. The molecule has 0 aliphatic rings. The van der Waals surface area contributed by atoms with E-state index in [1.807, 2.05) is 37.3 Å². The molecule has 0 aliphatic heterocycles. The minimum atomic E-state index is -0.239. The molecule has 0 atom stereocenters. The minimum Gasteiger partial charge on any atom is -0.490 e. The van der Waals surface area contributed by atoms with Gasteiger partial charge in [-0.05, 0) is 61.6 Å². The molecule has 1 N–H and O–H groups in total. The fraction of sp³-hybridized carbons (Fsp3) is 0.364. The van der Waals surface area contributed by atoms with E-state index in [1.54, 1.807) is 0 Å². The van der Waals surface area contributed by atoms with E-state index in [1.165, 1.54) is 11.1 Å². The van der Waals surface area contributed by atoms with Gasteiger partial charge in [-0.2, -0.15) is 5.26 Å². The number of nitriles is 1. The van der Waals surface area contributed by atoms with Crippen LogP contribution in [0.2, 0.25) is 0 Å². The molecule has 27 heavy (non-hydrogen) atoms. The summed E-state index contributed by atoms with van der Waals surface area (Å²) in [5.74, 6) is 1.48. The van der Waals surface area contributed by atoms with Crippen molar-refractivity contribution in [2.24, 2.45) is 0 Å². The third kappa shape index (κ3) is 6.34. The van der Waals surface area contributed by atoms with Crippen LogP contribution >= 0.6 is 0 Å². The number of benzene rings is 2. The van der Waals surface area contributed by atoms with Crippen molar-refractivity contribution in [2.45, 2.75) is 33.6 Å². The highest BCUT2D eigenvalue weighted by molar-refractivity contribution is 5.77. The maximum absolute atomic E-state index is 11.2. The number of nitrogens with one attached hydrogen (secondary N) is 1. The second kappa shape index (κ2) is 10.2. The maximum atomic E-state index is 11.2. The van der Waals surface area contributed by atoms with E-state index in [9.17, 15) is 4.79 Å². The summed E-state index contributed by atoms with van der Waals surface area (Å²) in [7, 11) is 0. The van der Waals surface area contributed by atoms with Gasteiger partial charge in [0.1, 0.15) is 31.1 Å². The topological polar surface area (TPSA) is 71.3 Å². The lowest BCUT2D eigenvalue weighted by atomic mass is 10.1. The van der Waals surface area contributed by atoms with Crippen molar-refractivity contribution in [2.75, 3.05) is 19.8 Å². The van der Waals surface area contributed by atoms with Crippen LogP contribution in [0.3, 0.4) is 0 Å². The molecule has 2 rings (SSSR count). The summed E-state index contributed by atoms with van der Waals surface area (Å²) < 4.78 is 11.6. The first-order valence-corrected chi connectivity index (χ1v) is 9.06. The van der Waals surface area contributed by atoms with Crippen LogP contribution in [0.1, 0.15) is 28.7 Å². The van der Waals surface area contributed by atoms with Gasteiger partial charge >= 0.3 is 0 Å². The van der Waals surface area contributed by atoms with E-state index >= 15 is 0 Å². The number of amides is 1. The Morgan fingerprint density at radius 2 is 1.67 bits per heavy atom. The molecule has 0 unspecified atom stereocenters. The molecule has 0 aliphatic carbocycles. The van der Waals surface area contributed by atoms with E-state index in [0.29, 0.717) is 26.2 Å². The molecule has 0 spiro atoms. The number of aryl methyl sites for hydroxylation is 2. The van der Waals surface area contributed by atoms with Gasteiger partial charge in [0.25, 0.3) is 0 Å². The van der Waals surface area contributed by atoms with Gasteiger partial charge in [0.15, 0.2) is 0 Å². The summed E-state index contributed by atoms with van der Waals surface area (Å²) in [6, 6.07) is 13.8.